The molecular weight excluding hydrogens is 366 g/mol. The van der Waals surface area contributed by atoms with E-state index in [2.05, 4.69) is 86.3 Å². The molecule has 3 rings (SSSR count). The molecule has 0 saturated carbocycles. The lowest BCUT2D eigenvalue weighted by molar-refractivity contribution is 0.163. The zero-order valence-electron chi connectivity index (χ0n) is 18.4. The fourth-order valence-corrected chi connectivity index (χ4v) is 3.91. The van der Waals surface area contributed by atoms with Crippen molar-refractivity contribution in [3.8, 4) is 5.75 Å². The Morgan fingerprint density at radius 2 is 1.17 bits per heavy atom. The van der Waals surface area contributed by atoms with E-state index in [0.29, 0.717) is 0 Å². The highest BCUT2D eigenvalue weighted by Crippen LogP contribution is 2.32. The Hall–Kier alpha value is -2.84. The highest BCUT2D eigenvalue weighted by atomic mass is 16.5. The molecule has 2 heteroatoms. The van der Waals surface area contributed by atoms with Crippen molar-refractivity contribution in [3.63, 3.8) is 0 Å². The van der Waals surface area contributed by atoms with Crippen LogP contribution in [0.2, 0.25) is 0 Å². The van der Waals surface area contributed by atoms with Crippen LogP contribution in [0, 0.1) is 0 Å². The maximum atomic E-state index is 6.63. The van der Waals surface area contributed by atoms with Crippen molar-refractivity contribution < 1.29 is 4.74 Å². The summed E-state index contributed by atoms with van der Waals surface area (Å²) >= 11 is 0. The van der Waals surface area contributed by atoms with E-state index in [0.717, 1.165) is 31.8 Å². The number of rotatable bonds is 10. The molecule has 0 bridgehead atoms. The molecule has 0 N–H and O–H groups in total. The van der Waals surface area contributed by atoms with Crippen molar-refractivity contribution in [2.45, 2.75) is 33.3 Å². The average molecular weight is 400 g/mol. The van der Waals surface area contributed by atoms with Gasteiger partial charge in [-0.15, -0.1) is 0 Å². The lowest BCUT2D eigenvalue weighted by atomic mass is 9.89. The van der Waals surface area contributed by atoms with Gasteiger partial charge in [-0.05, 0) is 53.9 Å². The topological polar surface area (TPSA) is 12.5 Å². The Morgan fingerprint density at radius 1 is 0.700 bits per heavy atom. The first kappa shape index (κ1) is 21.9. The summed E-state index contributed by atoms with van der Waals surface area (Å²) in [5.74, 6) is 0.918. The largest absolute Gasteiger partial charge is 0.485 e. The molecule has 30 heavy (non-hydrogen) atoms. The number of ether oxygens (including phenoxy) is 1. The molecule has 1 atom stereocenters. The number of para-hydroxylation sites is 1. The molecule has 0 heterocycles. The van der Waals surface area contributed by atoms with Gasteiger partial charge in [0.25, 0.3) is 0 Å². The summed E-state index contributed by atoms with van der Waals surface area (Å²) in [5, 5.41) is 0. The average Bonchev–Trinajstić information content (AvgIpc) is 2.82. The predicted octanol–water partition coefficient (Wildman–Crippen LogP) is 6.69. The molecule has 2 nitrogen and oxygen atoms in total. The molecule has 0 radical (unpaired) electrons. The van der Waals surface area contributed by atoms with E-state index in [1.807, 2.05) is 30.3 Å². The number of likely N-dealkylation sites (N-methyl/N-ethyl adjacent to an activating group) is 1. The molecule has 0 aliphatic carbocycles. The van der Waals surface area contributed by atoms with Crippen LogP contribution in [0.1, 0.15) is 38.3 Å². The van der Waals surface area contributed by atoms with E-state index in [1.165, 1.54) is 22.3 Å². The summed E-state index contributed by atoms with van der Waals surface area (Å²) in [5.41, 5.74) is 5.10. The van der Waals surface area contributed by atoms with Gasteiger partial charge in [-0.2, -0.15) is 0 Å². The van der Waals surface area contributed by atoms with E-state index in [9.17, 15) is 0 Å². The number of hydrogen-bond donors (Lipinski definition) is 0. The minimum absolute atomic E-state index is 0.0206. The number of hydrogen-bond acceptors (Lipinski definition) is 2. The summed E-state index contributed by atoms with van der Waals surface area (Å²) in [4.78, 5) is 2.44. The fraction of sp³-hybridized carbons (Fsp3) is 0.286. The van der Waals surface area contributed by atoms with Crippen molar-refractivity contribution in [3.05, 3.63) is 108 Å². The van der Waals surface area contributed by atoms with Gasteiger partial charge in [-0.3, -0.25) is 4.90 Å². The molecule has 3 aromatic carbocycles. The first-order valence-corrected chi connectivity index (χ1v) is 11.0. The van der Waals surface area contributed by atoms with Crippen LogP contribution in [0.15, 0.2) is 96.6 Å². The zero-order valence-corrected chi connectivity index (χ0v) is 18.4. The number of nitrogens with zero attached hydrogens (tertiary/aromatic N) is 1. The van der Waals surface area contributed by atoms with Crippen LogP contribution in [-0.4, -0.2) is 30.6 Å². The second kappa shape index (κ2) is 11.4. The van der Waals surface area contributed by atoms with Gasteiger partial charge >= 0.3 is 0 Å². The van der Waals surface area contributed by atoms with Gasteiger partial charge in [-0.1, -0.05) is 99.6 Å². The third-order valence-corrected chi connectivity index (χ3v) is 5.56. The smallest absolute Gasteiger partial charge is 0.133 e. The molecular formula is C28H33NO. The molecule has 0 aromatic heterocycles. The first-order chi connectivity index (χ1) is 14.8. The van der Waals surface area contributed by atoms with Crippen LogP contribution >= 0.6 is 0 Å². The van der Waals surface area contributed by atoms with Gasteiger partial charge in [0.15, 0.2) is 0 Å². The second-order valence-corrected chi connectivity index (χ2v) is 7.39. The van der Waals surface area contributed by atoms with Crippen molar-refractivity contribution in [2.24, 2.45) is 0 Å². The summed E-state index contributed by atoms with van der Waals surface area (Å²) < 4.78 is 6.63. The van der Waals surface area contributed by atoms with Crippen molar-refractivity contribution in [1.82, 2.24) is 4.90 Å². The molecule has 1 unspecified atom stereocenters. The van der Waals surface area contributed by atoms with Crippen LogP contribution in [-0.2, 0) is 0 Å². The molecule has 156 valence electrons. The summed E-state index contributed by atoms with van der Waals surface area (Å²) in [7, 11) is 0. The maximum Gasteiger partial charge on any atom is 0.133 e. The highest BCUT2D eigenvalue weighted by Gasteiger charge is 2.23. The molecule has 3 aromatic rings. The SMILES string of the molecule is CCC(=C(c1ccccc1)c1ccccc1)C(CN(CC)CC)Oc1ccccc1. The fourth-order valence-electron chi connectivity index (χ4n) is 3.91. The molecule has 0 aliphatic heterocycles. The van der Waals surface area contributed by atoms with Gasteiger partial charge in [0.05, 0.1) is 0 Å². The summed E-state index contributed by atoms with van der Waals surface area (Å²) in [6.45, 7) is 9.56. The van der Waals surface area contributed by atoms with E-state index in [-0.39, 0.29) is 6.10 Å². The van der Waals surface area contributed by atoms with Gasteiger partial charge in [0.1, 0.15) is 11.9 Å². The summed E-state index contributed by atoms with van der Waals surface area (Å²) in [6.07, 6.45) is 0.908. The van der Waals surface area contributed by atoms with Gasteiger partial charge in [0, 0.05) is 6.54 Å². The quantitative estimate of drug-likeness (QED) is 0.377. The van der Waals surface area contributed by atoms with Crippen molar-refractivity contribution >= 4 is 5.57 Å². The third-order valence-electron chi connectivity index (χ3n) is 5.56. The Labute approximate surface area is 181 Å². The van der Waals surface area contributed by atoms with Crippen LogP contribution in [0.4, 0.5) is 0 Å². The molecule has 0 fully saturated rings. The molecule has 0 saturated heterocycles. The molecule has 0 amide bonds. The maximum absolute atomic E-state index is 6.63. The lowest BCUT2D eigenvalue weighted by Gasteiger charge is -2.30. The minimum Gasteiger partial charge on any atom is -0.485 e. The van der Waals surface area contributed by atoms with Crippen LogP contribution in [0.5, 0.6) is 5.75 Å². The summed E-state index contributed by atoms with van der Waals surface area (Å²) in [6, 6.07) is 31.6. The predicted molar refractivity (Wildman–Crippen MR) is 128 cm³/mol. The van der Waals surface area contributed by atoms with E-state index < -0.39 is 0 Å². The Morgan fingerprint density at radius 3 is 1.60 bits per heavy atom. The first-order valence-electron chi connectivity index (χ1n) is 11.0. The standard InChI is InChI=1S/C28H33NO/c1-4-26(27(22-29(5-2)6-3)30-25-20-14-9-15-21-25)28(23-16-10-7-11-17-23)24-18-12-8-13-19-24/h7-21,27H,4-6,22H2,1-3H3. The normalized spacial score (nSPS) is 11.9. The van der Waals surface area contributed by atoms with E-state index in [4.69, 9.17) is 4.74 Å². The van der Waals surface area contributed by atoms with Gasteiger partial charge in [0.2, 0.25) is 0 Å². The highest BCUT2D eigenvalue weighted by molar-refractivity contribution is 5.82. The number of benzene rings is 3. The van der Waals surface area contributed by atoms with Crippen molar-refractivity contribution in [2.75, 3.05) is 19.6 Å². The van der Waals surface area contributed by atoms with Gasteiger partial charge in [-0.25, -0.2) is 0 Å². The third kappa shape index (κ3) is 5.61. The van der Waals surface area contributed by atoms with Crippen LogP contribution < -0.4 is 4.74 Å². The zero-order chi connectivity index (χ0) is 21.2. The Balaban J connectivity index is 2.14. The molecule has 0 spiro atoms. The lowest BCUT2D eigenvalue weighted by Crippen LogP contribution is -2.37. The molecule has 0 aliphatic rings. The second-order valence-electron chi connectivity index (χ2n) is 7.39. The van der Waals surface area contributed by atoms with Gasteiger partial charge < -0.3 is 4.74 Å². The monoisotopic (exact) mass is 399 g/mol. The minimum atomic E-state index is -0.0206. The van der Waals surface area contributed by atoms with E-state index >= 15 is 0 Å². The van der Waals surface area contributed by atoms with Crippen LogP contribution in [0.25, 0.3) is 5.57 Å². The Bertz CT molecular complexity index is 858. The van der Waals surface area contributed by atoms with E-state index in [1.54, 1.807) is 0 Å². The Kier molecular flexibility index (Phi) is 8.29. The van der Waals surface area contributed by atoms with Crippen LogP contribution in [0.3, 0.4) is 0 Å². The van der Waals surface area contributed by atoms with Crippen molar-refractivity contribution in [1.29, 1.82) is 0 Å².